The van der Waals surface area contributed by atoms with Gasteiger partial charge in [0.1, 0.15) is 0 Å². The summed E-state index contributed by atoms with van der Waals surface area (Å²) in [6, 6.07) is 8.43. The summed E-state index contributed by atoms with van der Waals surface area (Å²) in [6.45, 7) is 7.45. The lowest BCUT2D eigenvalue weighted by molar-refractivity contribution is 0.103. The maximum Gasteiger partial charge on any atom is 0.235 e. The number of aromatic nitrogens is 2. The van der Waals surface area contributed by atoms with Crippen molar-refractivity contribution in [2.45, 2.75) is 26.8 Å². The van der Waals surface area contributed by atoms with Gasteiger partial charge in [-0.15, -0.1) is 0 Å². The normalized spacial score (nSPS) is 12.5. The molecule has 0 saturated heterocycles. The Kier molecular flexibility index (Phi) is 6.32. The molecule has 0 saturated carbocycles. The van der Waals surface area contributed by atoms with E-state index in [0.29, 0.717) is 34.9 Å². The van der Waals surface area contributed by atoms with E-state index in [0.717, 1.165) is 26.1 Å². The predicted octanol–water partition coefficient (Wildman–Crippen LogP) is 3.65. The molecule has 2 aromatic heterocycles. The molecule has 8 heteroatoms. The van der Waals surface area contributed by atoms with Crippen molar-refractivity contribution in [2.24, 2.45) is 0 Å². The Balaban J connectivity index is 1.75. The topological polar surface area (TPSA) is 97.0 Å². The van der Waals surface area contributed by atoms with Crippen LogP contribution in [0.1, 0.15) is 36.2 Å². The number of ether oxygens (including phenoxy) is 2. The number of fused-ring (bicyclic) bond motifs is 1. The highest BCUT2D eigenvalue weighted by Gasteiger charge is 2.30. The van der Waals surface area contributed by atoms with E-state index in [1.807, 2.05) is 0 Å². The molecule has 0 radical (unpaired) electrons. The Labute approximate surface area is 186 Å². The number of carbonyl (C=O) groups is 1. The van der Waals surface area contributed by atoms with Crippen molar-refractivity contribution in [3.05, 3.63) is 53.9 Å². The monoisotopic (exact) mass is 437 g/mol. The minimum absolute atomic E-state index is 0.0391. The number of hydrogen-bond donors (Lipinski definition) is 2. The van der Waals surface area contributed by atoms with E-state index in [2.05, 4.69) is 23.7 Å². The van der Waals surface area contributed by atoms with Crippen molar-refractivity contribution >= 4 is 5.78 Å². The van der Waals surface area contributed by atoms with Crippen LogP contribution in [0.25, 0.3) is 11.3 Å². The van der Waals surface area contributed by atoms with Gasteiger partial charge in [-0.2, -0.15) is 0 Å². The second-order valence-corrected chi connectivity index (χ2v) is 7.57. The second kappa shape index (κ2) is 9.32. The number of benzene rings is 1. The van der Waals surface area contributed by atoms with Gasteiger partial charge in [-0.05, 0) is 56.4 Å². The average molecular weight is 437 g/mol. The number of aromatic hydroxyl groups is 2. The van der Waals surface area contributed by atoms with E-state index < -0.39 is 11.5 Å². The van der Waals surface area contributed by atoms with Crippen molar-refractivity contribution < 1.29 is 24.5 Å². The van der Waals surface area contributed by atoms with E-state index in [4.69, 9.17) is 9.47 Å². The molecular formula is C24H27N3O5. The summed E-state index contributed by atoms with van der Waals surface area (Å²) in [5, 5.41) is 21.6. The fourth-order valence-electron chi connectivity index (χ4n) is 4.00. The van der Waals surface area contributed by atoms with Crippen LogP contribution >= 0.6 is 0 Å². The Morgan fingerprint density at radius 1 is 1.16 bits per heavy atom. The third-order valence-electron chi connectivity index (χ3n) is 5.76. The van der Waals surface area contributed by atoms with E-state index >= 15 is 0 Å². The number of hydrogen-bond acceptors (Lipinski definition) is 7. The maximum atomic E-state index is 13.5. The fraction of sp³-hybridized carbons (Fsp3) is 0.333. The molecule has 0 bridgehead atoms. The molecule has 2 N–H and O–H groups in total. The van der Waals surface area contributed by atoms with Gasteiger partial charge in [0.15, 0.2) is 23.0 Å². The van der Waals surface area contributed by atoms with Crippen molar-refractivity contribution in [3.8, 4) is 34.4 Å². The van der Waals surface area contributed by atoms with Crippen LogP contribution < -0.4 is 9.47 Å². The summed E-state index contributed by atoms with van der Waals surface area (Å²) < 4.78 is 12.3. The molecular weight excluding hydrogens is 410 g/mol. The zero-order valence-electron chi connectivity index (χ0n) is 18.2. The van der Waals surface area contributed by atoms with Gasteiger partial charge in [0.25, 0.3) is 0 Å². The molecule has 0 atom stereocenters. The standard InChI is InChI=1S/C24H27N3O5/c1-3-26(4-2)11-6-12-27-21(17-7-5-10-25-14-17)20(23(29)24(27)30)22(28)16-8-9-18-19(13-16)32-15-31-18/h5,7-10,13-14,29-30H,3-4,6,11-12,15H2,1-2H3. The molecule has 3 heterocycles. The van der Waals surface area contributed by atoms with Gasteiger partial charge in [0, 0.05) is 30.1 Å². The van der Waals surface area contributed by atoms with Crippen molar-refractivity contribution in [3.63, 3.8) is 0 Å². The number of carbonyl (C=O) groups excluding carboxylic acids is 1. The van der Waals surface area contributed by atoms with Crippen LogP contribution in [-0.2, 0) is 6.54 Å². The van der Waals surface area contributed by atoms with Crippen LogP contribution in [0.4, 0.5) is 0 Å². The molecule has 0 fully saturated rings. The number of rotatable bonds is 9. The molecule has 168 valence electrons. The lowest BCUT2D eigenvalue weighted by Gasteiger charge is -2.18. The molecule has 4 rings (SSSR count). The highest BCUT2D eigenvalue weighted by Crippen LogP contribution is 2.43. The molecule has 1 aromatic carbocycles. The highest BCUT2D eigenvalue weighted by atomic mass is 16.7. The number of nitrogens with zero attached hydrogens (tertiary/aromatic N) is 3. The molecule has 1 aliphatic rings. The third-order valence-corrected chi connectivity index (χ3v) is 5.76. The van der Waals surface area contributed by atoms with E-state index in [9.17, 15) is 15.0 Å². The minimum Gasteiger partial charge on any atom is -0.503 e. The molecule has 32 heavy (non-hydrogen) atoms. The number of pyridine rings is 1. The maximum absolute atomic E-state index is 13.5. The van der Waals surface area contributed by atoms with Crippen LogP contribution in [0.2, 0.25) is 0 Å². The van der Waals surface area contributed by atoms with E-state index in [-0.39, 0.29) is 18.2 Å². The van der Waals surface area contributed by atoms with Crippen molar-refractivity contribution in [1.82, 2.24) is 14.5 Å². The first-order valence-electron chi connectivity index (χ1n) is 10.8. The smallest absolute Gasteiger partial charge is 0.235 e. The molecule has 1 aliphatic heterocycles. The summed E-state index contributed by atoms with van der Waals surface area (Å²) in [4.78, 5) is 19.9. The van der Waals surface area contributed by atoms with E-state index in [1.54, 1.807) is 47.3 Å². The van der Waals surface area contributed by atoms with Gasteiger partial charge in [0.2, 0.25) is 12.7 Å². The summed E-state index contributed by atoms with van der Waals surface area (Å²) in [6.07, 6.45) is 4.00. The Hall–Kier alpha value is -3.52. The van der Waals surface area contributed by atoms with Crippen molar-refractivity contribution in [2.75, 3.05) is 26.4 Å². The SMILES string of the molecule is CCN(CC)CCCn1c(O)c(O)c(C(=O)c2ccc3c(c2)OCO3)c1-c1cccnc1. The van der Waals surface area contributed by atoms with E-state index in [1.165, 1.54) is 0 Å². The lowest BCUT2D eigenvalue weighted by Crippen LogP contribution is -2.24. The molecule has 0 aliphatic carbocycles. The third kappa shape index (κ3) is 4.01. The predicted molar refractivity (Wildman–Crippen MR) is 119 cm³/mol. The lowest BCUT2D eigenvalue weighted by atomic mass is 9.99. The molecule has 0 spiro atoms. The van der Waals surface area contributed by atoms with Gasteiger partial charge in [0.05, 0.1) is 11.3 Å². The van der Waals surface area contributed by atoms with Crippen LogP contribution in [0.15, 0.2) is 42.7 Å². The average Bonchev–Trinajstić information content (AvgIpc) is 3.39. The molecule has 0 amide bonds. The Morgan fingerprint density at radius 2 is 1.94 bits per heavy atom. The van der Waals surface area contributed by atoms with Gasteiger partial charge in [-0.3, -0.25) is 9.78 Å². The highest BCUT2D eigenvalue weighted by molar-refractivity contribution is 6.15. The summed E-state index contributed by atoms with van der Waals surface area (Å²) in [5.74, 6) is -0.143. The molecule has 8 nitrogen and oxygen atoms in total. The Morgan fingerprint density at radius 3 is 2.66 bits per heavy atom. The summed E-state index contributed by atoms with van der Waals surface area (Å²) in [7, 11) is 0. The first-order chi connectivity index (χ1) is 15.5. The Bertz CT molecular complexity index is 1110. The fourth-order valence-corrected chi connectivity index (χ4v) is 4.00. The van der Waals surface area contributed by atoms with Crippen LogP contribution in [0, 0.1) is 0 Å². The van der Waals surface area contributed by atoms with Gasteiger partial charge >= 0.3 is 0 Å². The zero-order chi connectivity index (χ0) is 22.7. The molecule has 0 unspecified atom stereocenters. The second-order valence-electron chi connectivity index (χ2n) is 7.57. The van der Waals surface area contributed by atoms with Crippen LogP contribution in [-0.4, -0.2) is 56.9 Å². The zero-order valence-corrected chi connectivity index (χ0v) is 18.2. The van der Waals surface area contributed by atoms with Crippen molar-refractivity contribution in [1.29, 1.82) is 0 Å². The first-order valence-corrected chi connectivity index (χ1v) is 10.8. The largest absolute Gasteiger partial charge is 0.503 e. The number of ketones is 1. The molecule has 3 aromatic rings. The summed E-state index contributed by atoms with van der Waals surface area (Å²) in [5.41, 5.74) is 1.44. The van der Waals surface area contributed by atoms with Crippen LogP contribution in [0.5, 0.6) is 23.1 Å². The summed E-state index contributed by atoms with van der Waals surface area (Å²) >= 11 is 0. The van der Waals surface area contributed by atoms with Gasteiger partial charge in [-0.1, -0.05) is 13.8 Å². The van der Waals surface area contributed by atoms with Gasteiger partial charge < -0.3 is 29.2 Å². The quantitative estimate of drug-likeness (QED) is 0.493. The van der Waals surface area contributed by atoms with Gasteiger partial charge in [-0.25, -0.2) is 0 Å². The van der Waals surface area contributed by atoms with Crippen LogP contribution in [0.3, 0.4) is 0 Å². The first kappa shape index (κ1) is 21.7. The minimum atomic E-state index is -0.436.